The summed E-state index contributed by atoms with van der Waals surface area (Å²) in [5.41, 5.74) is -1.32. The smallest absolute Gasteiger partial charge is 0.330 e. The van der Waals surface area contributed by atoms with E-state index in [1.54, 1.807) is 0 Å². The lowest BCUT2D eigenvalue weighted by Gasteiger charge is -2.14. The molecule has 82 valence electrons. The van der Waals surface area contributed by atoms with E-state index >= 15 is 0 Å². The number of hydrogen-bond acceptors (Lipinski definition) is 4. The van der Waals surface area contributed by atoms with Gasteiger partial charge in [-0.15, -0.1) is 0 Å². The van der Waals surface area contributed by atoms with Gasteiger partial charge in [0.25, 0.3) is 5.56 Å². The fraction of sp³-hybridized carbons (Fsp3) is 0.500. The van der Waals surface area contributed by atoms with Crippen LogP contribution in [0, 0.1) is 0 Å². The number of nitrogens with one attached hydrogen (secondary N) is 1. The highest BCUT2D eigenvalue weighted by Gasteiger charge is 2.38. The third kappa shape index (κ3) is 1.71. The van der Waals surface area contributed by atoms with Crippen LogP contribution in [0.1, 0.15) is 6.23 Å². The quantitative estimate of drug-likeness (QED) is 0.615. The number of ether oxygens (including phenoxy) is 1. The van der Waals surface area contributed by atoms with E-state index in [0.29, 0.717) is 0 Å². The summed E-state index contributed by atoms with van der Waals surface area (Å²) in [6, 6.07) is 1.09. The van der Waals surface area contributed by atoms with Gasteiger partial charge in [-0.1, -0.05) is 0 Å². The zero-order chi connectivity index (χ0) is 11.0. The molecular formula is C8H9FN2O4. The number of nitrogens with zero attached hydrogens (tertiary/aromatic N) is 1. The van der Waals surface area contributed by atoms with E-state index in [9.17, 15) is 14.0 Å². The van der Waals surface area contributed by atoms with Gasteiger partial charge in [0.15, 0.2) is 12.4 Å². The highest BCUT2D eigenvalue weighted by molar-refractivity contribution is 4.89. The number of aliphatic hydroxyl groups is 1. The molecular weight excluding hydrogens is 207 g/mol. The van der Waals surface area contributed by atoms with Gasteiger partial charge < -0.3 is 9.84 Å². The predicted octanol–water partition coefficient (Wildman–Crippen LogP) is -1.24. The van der Waals surface area contributed by atoms with Gasteiger partial charge in [-0.2, -0.15) is 0 Å². The van der Waals surface area contributed by atoms with Crippen molar-refractivity contribution >= 4 is 0 Å². The zero-order valence-electron chi connectivity index (χ0n) is 7.59. The zero-order valence-corrected chi connectivity index (χ0v) is 7.59. The monoisotopic (exact) mass is 216 g/mol. The molecule has 0 spiro atoms. The number of aliphatic hydroxyl groups excluding tert-OH is 1. The number of hydrogen-bond donors (Lipinski definition) is 2. The molecule has 0 aromatic carbocycles. The summed E-state index contributed by atoms with van der Waals surface area (Å²) >= 11 is 0. The van der Waals surface area contributed by atoms with E-state index in [-0.39, 0.29) is 6.61 Å². The van der Waals surface area contributed by atoms with Crippen LogP contribution >= 0.6 is 0 Å². The highest BCUT2D eigenvalue weighted by atomic mass is 19.1. The number of aromatic nitrogens is 2. The van der Waals surface area contributed by atoms with Crippen molar-refractivity contribution in [3.8, 4) is 0 Å². The molecule has 1 aliphatic rings. The topological polar surface area (TPSA) is 84.3 Å². The molecule has 0 aliphatic carbocycles. The molecule has 0 bridgehead atoms. The first-order chi connectivity index (χ1) is 7.09. The van der Waals surface area contributed by atoms with Crippen LogP contribution in [-0.2, 0) is 4.74 Å². The molecule has 1 aromatic rings. The fourth-order valence-electron chi connectivity index (χ4n) is 1.43. The Morgan fingerprint density at radius 3 is 2.87 bits per heavy atom. The molecule has 2 N–H and O–H groups in total. The second-order valence-corrected chi connectivity index (χ2v) is 3.25. The molecule has 0 saturated carbocycles. The Morgan fingerprint density at radius 1 is 1.60 bits per heavy atom. The van der Waals surface area contributed by atoms with Crippen molar-refractivity contribution in [2.75, 3.05) is 6.61 Å². The normalized spacial score (nSPS) is 30.7. The number of rotatable bonds is 1. The summed E-state index contributed by atoms with van der Waals surface area (Å²) in [5, 5.41) is 9.09. The minimum Gasteiger partial charge on any atom is -0.387 e. The number of alkyl halides is 1. The van der Waals surface area contributed by atoms with Gasteiger partial charge in [0.1, 0.15) is 6.10 Å². The Hall–Kier alpha value is -1.47. The van der Waals surface area contributed by atoms with Crippen LogP contribution in [0.5, 0.6) is 0 Å². The van der Waals surface area contributed by atoms with Crippen molar-refractivity contribution in [2.45, 2.75) is 18.5 Å². The van der Waals surface area contributed by atoms with E-state index < -0.39 is 29.8 Å². The third-order valence-electron chi connectivity index (χ3n) is 2.20. The number of H-pyrrole nitrogens is 1. The summed E-state index contributed by atoms with van der Waals surface area (Å²) in [6.45, 7) is -0.169. The first-order valence-electron chi connectivity index (χ1n) is 4.35. The molecule has 6 nitrogen and oxygen atoms in total. The minimum atomic E-state index is -1.67. The van der Waals surface area contributed by atoms with E-state index in [1.807, 2.05) is 4.98 Å². The standard InChI is InChI=1S/C8H9FN2O4/c9-6-4(12)3-15-7(6)11-2-1-5(13)10-8(11)14/h1-2,4,6-7,12H,3H2,(H,10,13,14)/t4-,6-,7-/m1/s1. The first kappa shape index (κ1) is 10.1. The minimum absolute atomic E-state index is 0.169. The van der Waals surface area contributed by atoms with Crippen molar-refractivity contribution in [2.24, 2.45) is 0 Å². The van der Waals surface area contributed by atoms with E-state index in [1.165, 1.54) is 0 Å². The predicted molar refractivity (Wildman–Crippen MR) is 47.2 cm³/mol. The molecule has 2 rings (SSSR count). The summed E-state index contributed by atoms with van der Waals surface area (Å²) < 4.78 is 19.1. The third-order valence-corrected chi connectivity index (χ3v) is 2.20. The first-order valence-corrected chi connectivity index (χ1v) is 4.35. The molecule has 1 aromatic heterocycles. The lowest BCUT2D eigenvalue weighted by atomic mass is 10.2. The van der Waals surface area contributed by atoms with Crippen molar-refractivity contribution < 1.29 is 14.2 Å². The average Bonchev–Trinajstić information content (AvgIpc) is 2.49. The van der Waals surface area contributed by atoms with Gasteiger partial charge in [-0.25, -0.2) is 9.18 Å². The number of halogens is 1. The Bertz CT molecular complexity index is 468. The van der Waals surface area contributed by atoms with E-state index in [2.05, 4.69) is 0 Å². The van der Waals surface area contributed by atoms with Gasteiger partial charge in [0.05, 0.1) is 6.61 Å². The van der Waals surface area contributed by atoms with Gasteiger partial charge in [0, 0.05) is 12.3 Å². The maximum absolute atomic E-state index is 13.3. The van der Waals surface area contributed by atoms with Crippen LogP contribution in [0.15, 0.2) is 21.9 Å². The highest BCUT2D eigenvalue weighted by Crippen LogP contribution is 2.25. The summed E-state index contributed by atoms with van der Waals surface area (Å²) in [7, 11) is 0. The summed E-state index contributed by atoms with van der Waals surface area (Å²) in [6.07, 6.45) is -2.96. The summed E-state index contributed by atoms with van der Waals surface area (Å²) in [5.74, 6) is 0. The maximum Gasteiger partial charge on any atom is 0.330 e. The van der Waals surface area contributed by atoms with Gasteiger partial charge in [0.2, 0.25) is 0 Å². The van der Waals surface area contributed by atoms with Gasteiger partial charge >= 0.3 is 5.69 Å². The van der Waals surface area contributed by atoms with Crippen LogP contribution in [0.3, 0.4) is 0 Å². The van der Waals surface area contributed by atoms with Crippen LogP contribution in [0.4, 0.5) is 4.39 Å². The van der Waals surface area contributed by atoms with Crippen molar-refractivity contribution in [1.82, 2.24) is 9.55 Å². The molecule has 0 amide bonds. The Kier molecular flexibility index (Phi) is 2.41. The van der Waals surface area contributed by atoms with E-state index in [0.717, 1.165) is 16.8 Å². The van der Waals surface area contributed by atoms with Crippen LogP contribution in [-0.4, -0.2) is 33.5 Å². The molecule has 15 heavy (non-hydrogen) atoms. The molecule has 0 radical (unpaired) electrons. The summed E-state index contributed by atoms with van der Waals surface area (Å²) in [4.78, 5) is 24.0. The largest absolute Gasteiger partial charge is 0.387 e. The fourth-order valence-corrected chi connectivity index (χ4v) is 1.43. The van der Waals surface area contributed by atoms with Crippen molar-refractivity contribution in [1.29, 1.82) is 0 Å². The second-order valence-electron chi connectivity index (χ2n) is 3.25. The Labute approximate surface area is 82.9 Å². The second kappa shape index (κ2) is 3.59. The Morgan fingerprint density at radius 2 is 2.33 bits per heavy atom. The van der Waals surface area contributed by atoms with E-state index in [4.69, 9.17) is 9.84 Å². The molecule has 3 atom stereocenters. The van der Waals surface area contributed by atoms with Crippen LogP contribution < -0.4 is 11.2 Å². The molecule has 2 heterocycles. The molecule has 1 fully saturated rings. The van der Waals surface area contributed by atoms with Gasteiger partial charge in [-0.3, -0.25) is 14.3 Å². The lowest BCUT2D eigenvalue weighted by Crippen LogP contribution is -2.35. The molecule has 7 heteroatoms. The lowest BCUT2D eigenvalue weighted by molar-refractivity contribution is 0.0172. The molecule has 0 unspecified atom stereocenters. The maximum atomic E-state index is 13.3. The Balaban J connectivity index is 2.39. The van der Waals surface area contributed by atoms with Crippen molar-refractivity contribution in [3.63, 3.8) is 0 Å². The molecule has 1 saturated heterocycles. The molecule has 1 aliphatic heterocycles. The van der Waals surface area contributed by atoms with Crippen molar-refractivity contribution in [3.05, 3.63) is 33.1 Å². The van der Waals surface area contributed by atoms with Gasteiger partial charge in [-0.05, 0) is 0 Å². The van der Waals surface area contributed by atoms with Crippen LogP contribution in [0.25, 0.3) is 0 Å². The SMILES string of the molecule is O=c1ccn([C@@H]2OC[C@@H](O)[C@H]2F)c(=O)[nH]1. The number of aromatic amines is 1. The van der Waals surface area contributed by atoms with Crippen LogP contribution in [0.2, 0.25) is 0 Å². The average molecular weight is 216 g/mol.